The van der Waals surface area contributed by atoms with Crippen LogP contribution in [0.4, 0.5) is 0 Å². The summed E-state index contributed by atoms with van der Waals surface area (Å²) in [4.78, 5) is 2.61. The van der Waals surface area contributed by atoms with Crippen LogP contribution in [0.3, 0.4) is 0 Å². The molecule has 174 valence electrons. The number of piperidine rings is 1. The zero-order chi connectivity index (χ0) is 23.5. The highest BCUT2D eigenvalue weighted by molar-refractivity contribution is 5.64. The fourth-order valence-electron chi connectivity index (χ4n) is 7.16. The average Bonchev–Trinajstić information content (AvgIpc) is 3.43. The zero-order valence-electron chi connectivity index (χ0n) is 20.0. The van der Waals surface area contributed by atoms with E-state index in [1.807, 2.05) is 6.07 Å². The van der Waals surface area contributed by atoms with Crippen LogP contribution >= 0.6 is 0 Å². The molecule has 2 bridgehead atoms. The Hall–Kier alpha value is -3.20. The van der Waals surface area contributed by atoms with E-state index in [4.69, 9.17) is 0 Å². The normalized spacial score (nSPS) is 24.2. The Balaban J connectivity index is 1.11. The molecule has 0 unspecified atom stereocenters. The van der Waals surface area contributed by atoms with Crippen molar-refractivity contribution in [3.8, 4) is 11.1 Å². The second kappa shape index (κ2) is 7.91. The standard InChI is InChI=1S/C33H31NO/c35-33(26-16-14-25(15-17-26)24-8-2-1-3-9-24)18-20-34(21-19-33)23-32-22-29(27-10-4-6-12-30(27)32)28-11-5-7-13-31(28)32/h1-17,29,35H,18-23H2. The Labute approximate surface area is 207 Å². The van der Waals surface area contributed by atoms with E-state index < -0.39 is 5.60 Å². The molecule has 4 aromatic rings. The smallest absolute Gasteiger partial charge is 0.0920 e. The van der Waals surface area contributed by atoms with Crippen LogP contribution < -0.4 is 0 Å². The van der Waals surface area contributed by atoms with Gasteiger partial charge >= 0.3 is 0 Å². The maximum absolute atomic E-state index is 11.6. The molecule has 1 aliphatic heterocycles. The van der Waals surface area contributed by atoms with Crippen molar-refractivity contribution in [1.82, 2.24) is 4.90 Å². The third-order valence-electron chi connectivity index (χ3n) is 8.96. The van der Waals surface area contributed by atoms with Crippen LogP contribution in [0.15, 0.2) is 103 Å². The van der Waals surface area contributed by atoms with E-state index in [9.17, 15) is 5.11 Å². The molecule has 0 aromatic heterocycles. The molecule has 1 saturated heterocycles. The molecule has 2 heteroatoms. The van der Waals surface area contributed by atoms with E-state index in [1.165, 1.54) is 39.8 Å². The lowest BCUT2D eigenvalue weighted by molar-refractivity contribution is -0.0289. The minimum atomic E-state index is -0.743. The Morgan fingerprint density at radius 3 is 1.83 bits per heavy atom. The molecule has 1 fully saturated rings. The Morgan fingerprint density at radius 2 is 1.20 bits per heavy atom. The highest BCUT2D eigenvalue weighted by Gasteiger charge is 2.53. The Kier molecular flexibility index (Phi) is 4.77. The van der Waals surface area contributed by atoms with Crippen LogP contribution in [0.2, 0.25) is 0 Å². The van der Waals surface area contributed by atoms with Crippen LogP contribution in [-0.2, 0) is 11.0 Å². The molecule has 0 saturated carbocycles. The summed E-state index contributed by atoms with van der Waals surface area (Å²) in [6.45, 7) is 2.89. The highest BCUT2D eigenvalue weighted by atomic mass is 16.3. The van der Waals surface area contributed by atoms with Crippen LogP contribution in [0, 0.1) is 0 Å². The fraction of sp³-hybridized carbons (Fsp3) is 0.273. The van der Waals surface area contributed by atoms with E-state index in [0.717, 1.165) is 38.0 Å². The predicted octanol–water partition coefficient (Wildman–Crippen LogP) is 6.47. The summed E-state index contributed by atoms with van der Waals surface area (Å²) in [5.41, 5.74) is 8.92. The lowest BCUT2D eigenvalue weighted by atomic mass is 9.74. The number of nitrogens with zero attached hydrogens (tertiary/aromatic N) is 1. The molecule has 0 atom stereocenters. The molecule has 35 heavy (non-hydrogen) atoms. The van der Waals surface area contributed by atoms with E-state index in [2.05, 4.69) is 102 Å². The van der Waals surface area contributed by atoms with Crippen molar-refractivity contribution < 1.29 is 5.11 Å². The molecule has 3 aliphatic rings. The summed E-state index contributed by atoms with van der Waals surface area (Å²) < 4.78 is 0. The molecule has 0 amide bonds. The van der Waals surface area contributed by atoms with E-state index in [1.54, 1.807) is 0 Å². The number of benzene rings is 4. The zero-order valence-corrected chi connectivity index (χ0v) is 20.0. The van der Waals surface area contributed by atoms with Gasteiger partial charge in [0.25, 0.3) is 0 Å². The minimum Gasteiger partial charge on any atom is -0.385 e. The van der Waals surface area contributed by atoms with Gasteiger partial charge in [-0.1, -0.05) is 103 Å². The highest BCUT2D eigenvalue weighted by Crippen LogP contribution is 2.60. The van der Waals surface area contributed by atoms with Gasteiger partial charge < -0.3 is 10.0 Å². The van der Waals surface area contributed by atoms with Gasteiger partial charge in [-0.3, -0.25) is 0 Å². The lowest BCUT2D eigenvalue weighted by Crippen LogP contribution is -2.47. The number of hydrogen-bond acceptors (Lipinski definition) is 2. The van der Waals surface area contributed by atoms with E-state index in [-0.39, 0.29) is 5.41 Å². The minimum absolute atomic E-state index is 0.0879. The maximum Gasteiger partial charge on any atom is 0.0920 e. The molecule has 0 radical (unpaired) electrons. The lowest BCUT2D eigenvalue weighted by Gasteiger charge is -2.43. The first-order valence-electron chi connectivity index (χ1n) is 13.0. The quantitative estimate of drug-likeness (QED) is 0.379. The number of rotatable bonds is 4. The second-order valence-corrected chi connectivity index (χ2v) is 10.8. The summed E-state index contributed by atoms with van der Waals surface area (Å²) >= 11 is 0. The molecule has 2 aliphatic carbocycles. The molecule has 1 N–H and O–H groups in total. The van der Waals surface area contributed by atoms with Crippen LogP contribution in [0.25, 0.3) is 11.1 Å². The first kappa shape index (κ1) is 21.1. The molecular weight excluding hydrogens is 426 g/mol. The fourth-order valence-corrected chi connectivity index (χ4v) is 7.16. The van der Waals surface area contributed by atoms with Gasteiger partial charge in [-0.05, 0) is 58.2 Å². The van der Waals surface area contributed by atoms with Crippen molar-refractivity contribution in [2.75, 3.05) is 19.6 Å². The topological polar surface area (TPSA) is 23.5 Å². The van der Waals surface area contributed by atoms with Crippen molar-refractivity contribution in [3.63, 3.8) is 0 Å². The van der Waals surface area contributed by atoms with Gasteiger partial charge in [0.2, 0.25) is 0 Å². The van der Waals surface area contributed by atoms with Crippen molar-refractivity contribution in [1.29, 1.82) is 0 Å². The van der Waals surface area contributed by atoms with Crippen LogP contribution in [0.5, 0.6) is 0 Å². The summed E-state index contributed by atoms with van der Waals surface area (Å²) in [7, 11) is 0. The van der Waals surface area contributed by atoms with E-state index >= 15 is 0 Å². The summed E-state index contributed by atoms with van der Waals surface area (Å²) in [5, 5.41) is 11.6. The average molecular weight is 458 g/mol. The van der Waals surface area contributed by atoms with Gasteiger partial charge in [-0.15, -0.1) is 0 Å². The first-order chi connectivity index (χ1) is 17.2. The molecule has 2 nitrogen and oxygen atoms in total. The number of fused-ring (bicyclic) bond motifs is 8. The van der Waals surface area contributed by atoms with Crippen LogP contribution in [-0.4, -0.2) is 29.6 Å². The SMILES string of the molecule is OC1(c2ccc(-c3ccccc3)cc2)CCN(CC23CC(c4ccccc42)c2ccccc23)CC1. The molecule has 0 spiro atoms. The predicted molar refractivity (Wildman–Crippen MR) is 142 cm³/mol. The Morgan fingerprint density at radius 1 is 0.657 bits per heavy atom. The summed E-state index contributed by atoms with van der Waals surface area (Å²) in [6, 6.07) is 37.2. The van der Waals surface area contributed by atoms with Gasteiger partial charge in [0.05, 0.1) is 5.60 Å². The third-order valence-corrected chi connectivity index (χ3v) is 8.96. The first-order valence-corrected chi connectivity index (χ1v) is 13.0. The van der Waals surface area contributed by atoms with Crippen molar-refractivity contribution in [3.05, 3.63) is 131 Å². The molecule has 7 rings (SSSR count). The molecular formula is C33H31NO. The van der Waals surface area contributed by atoms with Crippen molar-refractivity contribution in [2.45, 2.75) is 36.2 Å². The van der Waals surface area contributed by atoms with Gasteiger partial charge in [0, 0.05) is 31.0 Å². The van der Waals surface area contributed by atoms with Crippen molar-refractivity contribution >= 4 is 0 Å². The van der Waals surface area contributed by atoms with E-state index in [0.29, 0.717) is 5.92 Å². The molecule has 4 aromatic carbocycles. The maximum atomic E-state index is 11.6. The number of hydrogen-bond donors (Lipinski definition) is 1. The summed E-state index contributed by atoms with van der Waals surface area (Å²) in [6.07, 6.45) is 2.74. The van der Waals surface area contributed by atoms with Gasteiger partial charge in [0.1, 0.15) is 0 Å². The Bertz CT molecular complexity index is 1320. The van der Waals surface area contributed by atoms with Gasteiger partial charge in [-0.25, -0.2) is 0 Å². The number of aliphatic hydroxyl groups is 1. The number of likely N-dealkylation sites (tertiary alicyclic amines) is 1. The molecule has 1 heterocycles. The largest absolute Gasteiger partial charge is 0.385 e. The van der Waals surface area contributed by atoms with Gasteiger partial charge in [0.15, 0.2) is 0 Å². The third kappa shape index (κ3) is 3.24. The summed E-state index contributed by atoms with van der Waals surface area (Å²) in [5.74, 6) is 0.534. The second-order valence-electron chi connectivity index (χ2n) is 10.8. The van der Waals surface area contributed by atoms with Gasteiger partial charge in [-0.2, -0.15) is 0 Å². The van der Waals surface area contributed by atoms with Crippen LogP contribution in [0.1, 0.15) is 53.0 Å². The monoisotopic (exact) mass is 457 g/mol. The van der Waals surface area contributed by atoms with Crippen molar-refractivity contribution in [2.24, 2.45) is 0 Å².